The molecule has 2 aliphatic rings. The molecule has 1 spiro atoms. The van der Waals surface area contributed by atoms with Gasteiger partial charge in [0.25, 0.3) is 0 Å². The number of nitrogens with one attached hydrogen (secondary N) is 1. The lowest BCUT2D eigenvalue weighted by molar-refractivity contribution is 0.0415. The summed E-state index contributed by atoms with van der Waals surface area (Å²) in [7, 11) is 0. The first-order chi connectivity index (χ1) is 12.7. The topological polar surface area (TPSA) is 54.5 Å². The molecule has 3 heterocycles. The van der Waals surface area contributed by atoms with Gasteiger partial charge in [-0.05, 0) is 49.1 Å². The van der Waals surface area contributed by atoms with Crippen molar-refractivity contribution in [2.24, 2.45) is 0 Å². The minimum atomic E-state index is -0.408. The fourth-order valence-corrected chi connectivity index (χ4v) is 3.62. The van der Waals surface area contributed by atoms with Crippen LogP contribution in [0.3, 0.4) is 0 Å². The monoisotopic (exact) mass is 349 g/mol. The summed E-state index contributed by atoms with van der Waals surface area (Å²) in [6.45, 7) is 1.96. The fourth-order valence-electron chi connectivity index (χ4n) is 3.62. The summed E-state index contributed by atoms with van der Waals surface area (Å²) in [5.41, 5.74) is 1.86. The number of carbonyl (C=O) groups excluding carboxylic acids is 1. The number of urea groups is 1. The number of hydrogen-bond acceptors (Lipinski definition) is 3. The second-order valence-electron chi connectivity index (χ2n) is 6.90. The molecule has 134 valence electrons. The molecule has 5 heteroatoms. The first-order valence-electron chi connectivity index (χ1n) is 9.13. The third-order valence-corrected chi connectivity index (χ3v) is 5.01. The fraction of sp³-hybridized carbons (Fsp3) is 0.333. The quantitative estimate of drug-likeness (QED) is 0.925. The van der Waals surface area contributed by atoms with Gasteiger partial charge in [0.05, 0.1) is 6.54 Å². The van der Waals surface area contributed by atoms with Crippen LogP contribution in [-0.4, -0.2) is 41.2 Å². The molecule has 1 N–H and O–H groups in total. The van der Waals surface area contributed by atoms with E-state index in [0.29, 0.717) is 13.1 Å². The number of fused-ring (bicyclic) bond motifs is 1. The zero-order valence-corrected chi connectivity index (χ0v) is 14.7. The number of likely N-dealkylation sites (tertiary alicyclic amines) is 1. The number of aromatic nitrogens is 1. The van der Waals surface area contributed by atoms with Crippen molar-refractivity contribution >= 4 is 12.1 Å². The number of para-hydroxylation sites is 1. The van der Waals surface area contributed by atoms with Gasteiger partial charge >= 0.3 is 6.03 Å². The maximum absolute atomic E-state index is 12.6. The van der Waals surface area contributed by atoms with Gasteiger partial charge in [-0.2, -0.15) is 0 Å². The predicted octanol–water partition coefficient (Wildman–Crippen LogP) is 3.27. The highest BCUT2D eigenvalue weighted by molar-refractivity contribution is 5.74. The largest absolute Gasteiger partial charge is 0.481 e. The number of benzene rings is 1. The first-order valence-corrected chi connectivity index (χ1v) is 9.13. The number of nitrogens with zero attached hydrogens (tertiary/aromatic N) is 2. The lowest BCUT2D eigenvalue weighted by atomic mass is 9.89. The van der Waals surface area contributed by atoms with E-state index in [4.69, 9.17) is 4.74 Å². The number of ether oxygens (including phenoxy) is 1. The Morgan fingerprint density at radius 1 is 1.23 bits per heavy atom. The van der Waals surface area contributed by atoms with Crippen molar-refractivity contribution in [3.63, 3.8) is 0 Å². The third kappa shape index (κ3) is 3.57. The number of hydrogen-bond donors (Lipinski definition) is 1. The van der Waals surface area contributed by atoms with E-state index < -0.39 is 5.60 Å². The lowest BCUT2D eigenvalue weighted by Crippen LogP contribution is -2.55. The highest BCUT2D eigenvalue weighted by Crippen LogP contribution is 2.35. The molecular weight excluding hydrogens is 326 g/mol. The van der Waals surface area contributed by atoms with Gasteiger partial charge in [0.1, 0.15) is 11.4 Å². The second-order valence-corrected chi connectivity index (χ2v) is 6.90. The van der Waals surface area contributed by atoms with Crippen LogP contribution >= 0.6 is 0 Å². The van der Waals surface area contributed by atoms with E-state index in [9.17, 15) is 4.79 Å². The minimum absolute atomic E-state index is 0.0195. The van der Waals surface area contributed by atoms with Gasteiger partial charge in [-0.1, -0.05) is 24.3 Å². The molecular formula is C21H23N3O2. The summed E-state index contributed by atoms with van der Waals surface area (Å²) >= 11 is 0. The number of pyridine rings is 1. The van der Waals surface area contributed by atoms with Crippen LogP contribution in [0.2, 0.25) is 0 Å². The molecule has 1 aromatic carbocycles. The summed E-state index contributed by atoms with van der Waals surface area (Å²) in [4.78, 5) is 18.5. The Labute approximate surface area is 153 Å². The van der Waals surface area contributed by atoms with E-state index >= 15 is 0 Å². The molecule has 4 rings (SSSR count). The molecule has 0 radical (unpaired) electrons. The molecule has 0 saturated carbocycles. The summed E-state index contributed by atoms with van der Waals surface area (Å²) in [5.74, 6) is 0.898. The molecule has 2 aliphatic heterocycles. The SMILES string of the molecule is O=C(NCCc1ccncc1)N1CCCC2(C=Cc3ccccc3O2)C1. The second kappa shape index (κ2) is 7.20. The van der Waals surface area contributed by atoms with Crippen LogP contribution in [0.4, 0.5) is 4.79 Å². The molecule has 5 nitrogen and oxygen atoms in total. The molecule has 1 atom stereocenters. The van der Waals surface area contributed by atoms with Crippen LogP contribution < -0.4 is 10.1 Å². The Kier molecular flexibility index (Phi) is 4.61. The van der Waals surface area contributed by atoms with Crippen LogP contribution in [0.1, 0.15) is 24.0 Å². The van der Waals surface area contributed by atoms with E-state index in [2.05, 4.69) is 22.5 Å². The van der Waals surface area contributed by atoms with Gasteiger partial charge in [-0.3, -0.25) is 4.98 Å². The summed E-state index contributed by atoms with van der Waals surface area (Å²) in [5, 5.41) is 3.03. The predicted molar refractivity (Wildman–Crippen MR) is 101 cm³/mol. The van der Waals surface area contributed by atoms with E-state index in [1.807, 2.05) is 41.3 Å². The van der Waals surface area contributed by atoms with Gasteiger partial charge in [0.2, 0.25) is 0 Å². The van der Waals surface area contributed by atoms with Crippen LogP contribution in [0, 0.1) is 0 Å². The van der Waals surface area contributed by atoms with E-state index in [1.54, 1.807) is 12.4 Å². The van der Waals surface area contributed by atoms with E-state index in [0.717, 1.165) is 37.1 Å². The molecule has 1 saturated heterocycles. The standard InChI is InChI=1S/C21H23N3O2/c25-20(23-14-9-17-7-12-22-13-8-17)24-15-3-10-21(16-24)11-6-18-4-1-2-5-19(18)26-21/h1-2,4-8,11-13H,3,9-10,14-16H2,(H,23,25). The van der Waals surface area contributed by atoms with Crippen molar-refractivity contribution in [2.75, 3.05) is 19.6 Å². The van der Waals surface area contributed by atoms with E-state index in [1.165, 1.54) is 5.56 Å². The smallest absolute Gasteiger partial charge is 0.317 e. The molecule has 0 bridgehead atoms. The average molecular weight is 349 g/mol. The Morgan fingerprint density at radius 3 is 2.96 bits per heavy atom. The Bertz CT molecular complexity index is 806. The van der Waals surface area contributed by atoms with Crippen LogP contribution in [0.15, 0.2) is 54.9 Å². The van der Waals surface area contributed by atoms with Crippen LogP contribution in [0.5, 0.6) is 5.75 Å². The molecule has 26 heavy (non-hydrogen) atoms. The van der Waals surface area contributed by atoms with Crippen molar-refractivity contribution in [1.29, 1.82) is 0 Å². The van der Waals surface area contributed by atoms with Crippen molar-refractivity contribution < 1.29 is 9.53 Å². The first kappa shape index (κ1) is 16.6. The summed E-state index contributed by atoms with van der Waals surface area (Å²) in [6, 6.07) is 12.0. The normalized spacial score (nSPS) is 21.2. The number of rotatable bonds is 3. The summed E-state index contributed by atoms with van der Waals surface area (Å²) < 4.78 is 6.30. The maximum Gasteiger partial charge on any atom is 0.317 e. The highest BCUT2D eigenvalue weighted by Gasteiger charge is 2.39. The van der Waals surface area contributed by atoms with Gasteiger partial charge in [0, 0.05) is 31.0 Å². The number of carbonyl (C=O) groups is 1. The van der Waals surface area contributed by atoms with Crippen molar-refractivity contribution in [3.8, 4) is 5.75 Å². The Balaban J connectivity index is 1.36. The molecule has 1 unspecified atom stereocenters. The van der Waals surface area contributed by atoms with Crippen molar-refractivity contribution in [3.05, 3.63) is 66.0 Å². The third-order valence-electron chi connectivity index (χ3n) is 5.01. The number of amides is 2. The molecule has 1 fully saturated rings. The Hall–Kier alpha value is -2.82. The highest BCUT2D eigenvalue weighted by atomic mass is 16.5. The van der Waals surface area contributed by atoms with Gasteiger partial charge in [-0.25, -0.2) is 4.79 Å². The zero-order chi connectivity index (χ0) is 17.8. The lowest BCUT2D eigenvalue weighted by Gasteiger charge is -2.42. The molecule has 2 aromatic rings. The Morgan fingerprint density at radius 2 is 2.08 bits per heavy atom. The minimum Gasteiger partial charge on any atom is -0.481 e. The summed E-state index contributed by atoms with van der Waals surface area (Å²) in [6.07, 6.45) is 10.4. The van der Waals surface area contributed by atoms with Gasteiger partial charge in [-0.15, -0.1) is 0 Å². The van der Waals surface area contributed by atoms with Gasteiger partial charge < -0.3 is 15.0 Å². The molecule has 2 amide bonds. The van der Waals surface area contributed by atoms with Crippen LogP contribution in [-0.2, 0) is 6.42 Å². The average Bonchev–Trinajstić information content (AvgIpc) is 2.69. The maximum atomic E-state index is 12.6. The molecule has 1 aromatic heterocycles. The van der Waals surface area contributed by atoms with E-state index in [-0.39, 0.29) is 6.03 Å². The zero-order valence-electron chi connectivity index (χ0n) is 14.7. The van der Waals surface area contributed by atoms with Crippen molar-refractivity contribution in [2.45, 2.75) is 24.9 Å². The number of piperidine rings is 1. The molecule has 0 aliphatic carbocycles. The van der Waals surface area contributed by atoms with Crippen LogP contribution in [0.25, 0.3) is 6.08 Å². The van der Waals surface area contributed by atoms with Gasteiger partial charge in [0.15, 0.2) is 0 Å². The van der Waals surface area contributed by atoms with Crippen molar-refractivity contribution in [1.82, 2.24) is 15.2 Å².